The van der Waals surface area contributed by atoms with Gasteiger partial charge in [0, 0.05) is 0 Å². The van der Waals surface area contributed by atoms with Crippen LogP contribution in [0.2, 0.25) is 0 Å². The zero-order valence-electron chi connectivity index (χ0n) is 15.2. The molecule has 21 heavy (non-hydrogen) atoms. The highest BCUT2D eigenvalue weighted by Gasteiger charge is 2.36. The summed E-state index contributed by atoms with van der Waals surface area (Å²) in [5.74, 6) is 0.766. The van der Waals surface area contributed by atoms with Crippen LogP contribution in [0.4, 0.5) is 0 Å². The second-order valence-electron chi connectivity index (χ2n) is 8.39. The van der Waals surface area contributed by atoms with Crippen molar-refractivity contribution in [1.29, 1.82) is 0 Å². The third kappa shape index (κ3) is 6.24. The lowest BCUT2D eigenvalue weighted by molar-refractivity contribution is 0.0677. The lowest BCUT2D eigenvalue weighted by Gasteiger charge is -2.43. The van der Waals surface area contributed by atoms with E-state index in [9.17, 15) is 0 Å². The maximum Gasteiger partial charge on any atom is -0.0276 e. The molecule has 1 rings (SSSR count). The first-order valence-corrected chi connectivity index (χ1v) is 8.81. The molecule has 0 heteroatoms. The van der Waals surface area contributed by atoms with Gasteiger partial charge in [-0.15, -0.1) is 0 Å². The normalized spacial score (nSPS) is 14.2. The van der Waals surface area contributed by atoms with E-state index in [2.05, 4.69) is 71.9 Å². The van der Waals surface area contributed by atoms with Crippen LogP contribution in [0.3, 0.4) is 0 Å². The molecule has 0 aliphatic rings. The number of aryl methyl sites for hydroxylation is 1. The summed E-state index contributed by atoms with van der Waals surface area (Å²) in [6, 6.07) is 11.0. The predicted octanol–water partition coefficient (Wildman–Crippen LogP) is 6.89. The second-order valence-corrected chi connectivity index (χ2v) is 8.39. The molecular formula is C21H36. The van der Waals surface area contributed by atoms with E-state index in [4.69, 9.17) is 0 Å². The van der Waals surface area contributed by atoms with E-state index in [1.807, 2.05) is 0 Å². The summed E-state index contributed by atoms with van der Waals surface area (Å²) >= 11 is 0. The van der Waals surface area contributed by atoms with Crippen LogP contribution in [0.1, 0.15) is 79.2 Å². The average molecular weight is 289 g/mol. The van der Waals surface area contributed by atoms with Gasteiger partial charge in [0.25, 0.3) is 0 Å². The van der Waals surface area contributed by atoms with E-state index in [1.165, 1.54) is 44.1 Å². The van der Waals surface area contributed by atoms with Crippen molar-refractivity contribution in [3.05, 3.63) is 35.9 Å². The Morgan fingerprint density at radius 3 is 2.05 bits per heavy atom. The molecular weight excluding hydrogens is 252 g/mol. The monoisotopic (exact) mass is 288 g/mol. The van der Waals surface area contributed by atoms with Gasteiger partial charge in [-0.2, -0.15) is 0 Å². The molecule has 0 fully saturated rings. The highest BCUT2D eigenvalue weighted by atomic mass is 14.4. The summed E-state index contributed by atoms with van der Waals surface area (Å²) in [4.78, 5) is 0. The third-order valence-electron chi connectivity index (χ3n) is 4.98. The van der Waals surface area contributed by atoms with Crippen LogP contribution in [-0.4, -0.2) is 0 Å². The zero-order chi connectivity index (χ0) is 15.9. The van der Waals surface area contributed by atoms with Crippen LogP contribution in [0.25, 0.3) is 0 Å². The van der Waals surface area contributed by atoms with Crippen molar-refractivity contribution in [1.82, 2.24) is 0 Å². The van der Waals surface area contributed by atoms with Crippen LogP contribution in [0.15, 0.2) is 30.3 Å². The molecule has 0 spiro atoms. The number of hydrogen-bond donors (Lipinski definition) is 0. The van der Waals surface area contributed by atoms with Gasteiger partial charge in [0.05, 0.1) is 0 Å². The SMILES string of the molecule is CCCCCC(C)(C)C(CCc1ccccc1)C(C)(C)C. The van der Waals surface area contributed by atoms with Gasteiger partial charge in [-0.3, -0.25) is 0 Å². The van der Waals surface area contributed by atoms with Gasteiger partial charge < -0.3 is 0 Å². The van der Waals surface area contributed by atoms with E-state index in [0.29, 0.717) is 10.8 Å². The van der Waals surface area contributed by atoms with Crippen molar-refractivity contribution in [3.8, 4) is 0 Å². The molecule has 0 aromatic heterocycles. The van der Waals surface area contributed by atoms with Crippen molar-refractivity contribution in [3.63, 3.8) is 0 Å². The largest absolute Gasteiger partial charge is 0.0654 e. The summed E-state index contributed by atoms with van der Waals surface area (Å²) in [7, 11) is 0. The second kappa shape index (κ2) is 8.01. The summed E-state index contributed by atoms with van der Waals surface area (Å²) in [5.41, 5.74) is 2.29. The number of benzene rings is 1. The third-order valence-corrected chi connectivity index (χ3v) is 4.98. The summed E-state index contributed by atoms with van der Waals surface area (Å²) < 4.78 is 0. The topological polar surface area (TPSA) is 0 Å². The fourth-order valence-electron chi connectivity index (χ4n) is 3.96. The molecule has 0 nitrogen and oxygen atoms in total. The van der Waals surface area contributed by atoms with Crippen LogP contribution in [0.5, 0.6) is 0 Å². The Bertz CT molecular complexity index is 380. The van der Waals surface area contributed by atoms with Crippen LogP contribution in [-0.2, 0) is 6.42 Å². The number of rotatable bonds is 8. The first kappa shape index (κ1) is 18.3. The fourth-order valence-corrected chi connectivity index (χ4v) is 3.96. The maximum atomic E-state index is 2.49. The number of hydrogen-bond acceptors (Lipinski definition) is 0. The number of unbranched alkanes of at least 4 members (excludes halogenated alkanes) is 2. The van der Waals surface area contributed by atoms with E-state index in [0.717, 1.165) is 5.92 Å². The average Bonchev–Trinajstić information content (AvgIpc) is 2.38. The van der Waals surface area contributed by atoms with Gasteiger partial charge in [0.1, 0.15) is 0 Å². The fraction of sp³-hybridized carbons (Fsp3) is 0.714. The van der Waals surface area contributed by atoms with Gasteiger partial charge in [-0.1, -0.05) is 91.1 Å². The predicted molar refractivity (Wildman–Crippen MR) is 95.6 cm³/mol. The Morgan fingerprint density at radius 2 is 1.52 bits per heavy atom. The molecule has 0 heterocycles. The van der Waals surface area contributed by atoms with E-state index < -0.39 is 0 Å². The molecule has 1 aromatic rings. The minimum absolute atomic E-state index is 0.379. The molecule has 0 aliphatic heterocycles. The molecule has 0 N–H and O–H groups in total. The molecule has 0 aliphatic carbocycles. The minimum atomic E-state index is 0.379. The van der Waals surface area contributed by atoms with Crippen LogP contribution in [0, 0.1) is 16.7 Å². The lowest BCUT2D eigenvalue weighted by Crippen LogP contribution is -2.35. The molecule has 1 unspecified atom stereocenters. The standard InChI is InChI=1S/C21H36/c1-7-8-12-17-21(5,6)19(20(2,3)4)16-15-18-13-10-9-11-14-18/h9-11,13-14,19H,7-8,12,15-17H2,1-6H3. The molecule has 0 saturated carbocycles. The molecule has 120 valence electrons. The van der Waals surface area contributed by atoms with Crippen molar-refractivity contribution in [2.45, 2.75) is 80.1 Å². The van der Waals surface area contributed by atoms with Gasteiger partial charge in [-0.05, 0) is 41.6 Å². The van der Waals surface area contributed by atoms with Crippen molar-refractivity contribution < 1.29 is 0 Å². The lowest BCUT2D eigenvalue weighted by atomic mass is 9.62. The van der Waals surface area contributed by atoms with Crippen molar-refractivity contribution >= 4 is 0 Å². The first-order valence-electron chi connectivity index (χ1n) is 8.81. The molecule has 0 saturated heterocycles. The summed E-state index contributed by atoms with van der Waals surface area (Å²) in [5, 5.41) is 0. The molecule has 1 atom stereocenters. The smallest absolute Gasteiger partial charge is 0.0276 e. The van der Waals surface area contributed by atoms with Gasteiger partial charge in [0.15, 0.2) is 0 Å². The zero-order valence-corrected chi connectivity index (χ0v) is 15.2. The minimum Gasteiger partial charge on any atom is -0.0654 e. The first-order chi connectivity index (χ1) is 9.77. The van der Waals surface area contributed by atoms with E-state index in [1.54, 1.807) is 0 Å². The van der Waals surface area contributed by atoms with Crippen LogP contribution >= 0.6 is 0 Å². The molecule has 0 bridgehead atoms. The van der Waals surface area contributed by atoms with E-state index in [-0.39, 0.29) is 0 Å². The summed E-state index contributed by atoms with van der Waals surface area (Å²) in [6.07, 6.45) is 7.94. The summed E-state index contributed by atoms with van der Waals surface area (Å²) in [6.45, 7) is 14.5. The highest BCUT2D eigenvalue weighted by molar-refractivity contribution is 5.14. The van der Waals surface area contributed by atoms with Crippen LogP contribution < -0.4 is 0 Å². The molecule has 0 amide bonds. The van der Waals surface area contributed by atoms with Gasteiger partial charge >= 0.3 is 0 Å². The quantitative estimate of drug-likeness (QED) is 0.457. The van der Waals surface area contributed by atoms with Gasteiger partial charge in [-0.25, -0.2) is 0 Å². The van der Waals surface area contributed by atoms with Gasteiger partial charge in [0.2, 0.25) is 0 Å². The Morgan fingerprint density at radius 1 is 0.905 bits per heavy atom. The highest BCUT2D eigenvalue weighted by Crippen LogP contribution is 2.45. The maximum absolute atomic E-state index is 2.49. The Hall–Kier alpha value is -0.780. The van der Waals surface area contributed by atoms with E-state index >= 15 is 0 Å². The van der Waals surface area contributed by atoms with Crippen molar-refractivity contribution in [2.24, 2.45) is 16.7 Å². The Labute approximate surface area is 133 Å². The molecule has 0 radical (unpaired) electrons. The Kier molecular flexibility index (Phi) is 6.97. The van der Waals surface area contributed by atoms with Crippen molar-refractivity contribution in [2.75, 3.05) is 0 Å². The molecule has 1 aromatic carbocycles. The Balaban J connectivity index is 2.71.